The van der Waals surface area contributed by atoms with Crippen molar-refractivity contribution in [1.29, 1.82) is 0 Å². The van der Waals surface area contributed by atoms with E-state index in [1.807, 2.05) is 12.1 Å². The van der Waals surface area contributed by atoms with Gasteiger partial charge in [0, 0.05) is 49.8 Å². The van der Waals surface area contributed by atoms with E-state index in [9.17, 15) is 0 Å². The Morgan fingerprint density at radius 1 is 1.15 bits per heavy atom. The average Bonchev–Trinajstić information content (AvgIpc) is 2.67. The van der Waals surface area contributed by atoms with Gasteiger partial charge >= 0.3 is 0 Å². The van der Waals surface area contributed by atoms with E-state index in [0.717, 1.165) is 24.5 Å². The van der Waals surface area contributed by atoms with Crippen LogP contribution in [0.15, 0.2) is 23.2 Å². The van der Waals surface area contributed by atoms with E-state index in [-0.39, 0.29) is 6.04 Å². The molecule has 152 valence electrons. The number of halogens is 2. The normalized spacial score (nSPS) is 17.7. The average molecular weight is 414 g/mol. The lowest BCUT2D eigenvalue weighted by Gasteiger charge is -2.34. The summed E-state index contributed by atoms with van der Waals surface area (Å²) in [7, 11) is 1.79. The first kappa shape index (κ1) is 22.3. The van der Waals surface area contributed by atoms with Crippen molar-refractivity contribution in [2.45, 2.75) is 32.7 Å². The number of nitrogens with zero attached hydrogens (tertiary/aromatic N) is 3. The van der Waals surface area contributed by atoms with Gasteiger partial charge in [-0.3, -0.25) is 4.99 Å². The van der Waals surface area contributed by atoms with Crippen LogP contribution in [0.4, 0.5) is 0 Å². The molecule has 5 nitrogen and oxygen atoms in total. The van der Waals surface area contributed by atoms with Gasteiger partial charge in [0.25, 0.3) is 0 Å². The SMILES string of the molecule is CCN1CCN(CCCCNC(=NC)NC(C)c2ccc(Cl)cc2Cl)CC1. The van der Waals surface area contributed by atoms with Gasteiger partial charge in [0.15, 0.2) is 5.96 Å². The Morgan fingerprint density at radius 3 is 2.48 bits per heavy atom. The van der Waals surface area contributed by atoms with Crippen LogP contribution in [0.2, 0.25) is 10.0 Å². The molecular weight excluding hydrogens is 381 g/mol. The number of aliphatic imine (C=N–C) groups is 1. The highest BCUT2D eigenvalue weighted by atomic mass is 35.5. The van der Waals surface area contributed by atoms with Crippen molar-refractivity contribution in [1.82, 2.24) is 20.4 Å². The first-order valence-electron chi connectivity index (χ1n) is 9.90. The van der Waals surface area contributed by atoms with E-state index >= 15 is 0 Å². The Labute approximate surface area is 174 Å². The van der Waals surface area contributed by atoms with Crippen LogP contribution in [0, 0.1) is 0 Å². The fourth-order valence-corrected chi connectivity index (χ4v) is 3.90. The van der Waals surface area contributed by atoms with E-state index in [1.165, 1.54) is 45.7 Å². The van der Waals surface area contributed by atoms with Gasteiger partial charge in [-0.2, -0.15) is 0 Å². The summed E-state index contributed by atoms with van der Waals surface area (Å²) >= 11 is 12.3. The van der Waals surface area contributed by atoms with Gasteiger partial charge in [0.1, 0.15) is 0 Å². The molecule has 0 aromatic heterocycles. The van der Waals surface area contributed by atoms with Gasteiger partial charge in [-0.25, -0.2) is 0 Å². The third kappa shape index (κ3) is 7.49. The molecule has 0 amide bonds. The molecule has 1 aromatic rings. The minimum absolute atomic E-state index is 0.0517. The first-order chi connectivity index (χ1) is 13.0. The van der Waals surface area contributed by atoms with E-state index in [2.05, 4.69) is 39.3 Å². The predicted octanol–water partition coefficient (Wildman–Crippen LogP) is 3.64. The summed E-state index contributed by atoms with van der Waals surface area (Å²) in [6.07, 6.45) is 2.33. The standard InChI is InChI=1S/C20H33Cl2N5/c1-4-26-11-13-27(14-12-26)10-6-5-9-24-20(23-3)25-16(2)18-8-7-17(21)15-19(18)22/h7-8,15-16H,4-6,9-14H2,1-3H3,(H2,23,24,25). The van der Waals surface area contributed by atoms with Crippen LogP contribution in [0.5, 0.6) is 0 Å². The highest BCUT2D eigenvalue weighted by molar-refractivity contribution is 6.35. The molecule has 1 fully saturated rings. The summed E-state index contributed by atoms with van der Waals surface area (Å²) in [5.41, 5.74) is 1.01. The summed E-state index contributed by atoms with van der Waals surface area (Å²) in [4.78, 5) is 9.40. The molecule has 1 aromatic carbocycles. The summed E-state index contributed by atoms with van der Waals surface area (Å²) < 4.78 is 0. The van der Waals surface area contributed by atoms with E-state index in [1.54, 1.807) is 13.1 Å². The summed E-state index contributed by atoms with van der Waals surface area (Å²) in [5, 5.41) is 8.10. The quantitative estimate of drug-likeness (QED) is 0.387. The maximum absolute atomic E-state index is 6.30. The number of unbranched alkanes of at least 4 members (excludes halogenated alkanes) is 1. The van der Waals surface area contributed by atoms with Crippen LogP contribution >= 0.6 is 23.2 Å². The van der Waals surface area contributed by atoms with Crippen LogP contribution in [0.1, 0.15) is 38.3 Å². The molecule has 0 radical (unpaired) electrons. The molecule has 2 N–H and O–H groups in total. The van der Waals surface area contributed by atoms with Crippen molar-refractivity contribution in [2.75, 3.05) is 52.9 Å². The number of guanidine groups is 1. The second kappa shape index (κ2) is 11.7. The molecule has 0 bridgehead atoms. The van der Waals surface area contributed by atoms with Crippen molar-refractivity contribution in [3.63, 3.8) is 0 Å². The van der Waals surface area contributed by atoms with Crippen molar-refractivity contribution in [3.05, 3.63) is 33.8 Å². The van der Waals surface area contributed by atoms with Gasteiger partial charge < -0.3 is 20.4 Å². The first-order valence-corrected chi connectivity index (χ1v) is 10.7. The Bertz CT molecular complexity index is 600. The Balaban J connectivity index is 1.65. The summed E-state index contributed by atoms with van der Waals surface area (Å²) in [6.45, 7) is 12.4. The fourth-order valence-electron chi connectivity index (χ4n) is 3.33. The molecule has 0 spiro atoms. The number of rotatable bonds is 8. The maximum Gasteiger partial charge on any atom is 0.191 e. The molecule has 27 heavy (non-hydrogen) atoms. The molecule has 1 atom stereocenters. The lowest BCUT2D eigenvalue weighted by Crippen LogP contribution is -2.46. The fraction of sp³-hybridized carbons (Fsp3) is 0.650. The minimum Gasteiger partial charge on any atom is -0.356 e. The molecule has 1 aliphatic heterocycles. The lowest BCUT2D eigenvalue weighted by molar-refractivity contribution is 0.136. The van der Waals surface area contributed by atoms with E-state index < -0.39 is 0 Å². The molecule has 1 heterocycles. The second-order valence-corrected chi connectivity index (χ2v) is 7.86. The number of hydrogen-bond acceptors (Lipinski definition) is 3. The zero-order valence-electron chi connectivity index (χ0n) is 16.8. The van der Waals surface area contributed by atoms with Gasteiger partial charge in [-0.15, -0.1) is 0 Å². The predicted molar refractivity (Wildman–Crippen MR) is 117 cm³/mol. The van der Waals surface area contributed by atoms with Crippen molar-refractivity contribution >= 4 is 29.2 Å². The second-order valence-electron chi connectivity index (χ2n) is 7.01. The molecule has 7 heteroatoms. The number of benzene rings is 1. The van der Waals surface area contributed by atoms with Crippen LogP contribution in [-0.2, 0) is 0 Å². The molecule has 1 saturated heterocycles. The third-order valence-electron chi connectivity index (χ3n) is 5.11. The number of nitrogens with one attached hydrogen (secondary N) is 2. The van der Waals surface area contributed by atoms with E-state index in [4.69, 9.17) is 23.2 Å². The number of hydrogen-bond donors (Lipinski definition) is 2. The number of likely N-dealkylation sites (N-methyl/N-ethyl adjacent to an activating group) is 1. The molecule has 1 unspecified atom stereocenters. The largest absolute Gasteiger partial charge is 0.356 e. The Morgan fingerprint density at radius 2 is 1.85 bits per heavy atom. The monoisotopic (exact) mass is 413 g/mol. The lowest BCUT2D eigenvalue weighted by atomic mass is 10.1. The summed E-state index contributed by atoms with van der Waals surface area (Å²) in [5.74, 6) is 0.796. The summed E-state index contributed by atoms with van der Waals surface area (Å²) in [6, 6.07) is 5.63. The minimum atomic E-state index is 0.0517. The van der Waals surface area contributed by atoms with Gasteiger partial charge in [0.05, 0.1) is 6.04 Å². The smallest absolute Gasteiger partial charge is 0.191 e. The van der Waals surface area contributed by atoms with Gasteiger partial charge in [-0.05, 0) is 50.6 Å². The highest BCUT2D eigenvalue weighted by Gasteiger charge is 2.15. The zero-order valence-corrected chi connectivity index (χ0v) is 18.3. The van der Waals surface area contributed by atoms with Crippen LogP contribution in [0.3, 0.4) is 0 Å². The van der Waals surface area contributed by atoms with Crippen molar-refractivity contribution in [3.8, 4) is 0 Å². The third-order valence-corrected chi connectivity index (χ3v) is 5.67. The molecular formula is C20H33Cl2N5. The van der Waals surface area contributed by atoms with Crippen LogP contribution in [-0.4, -0.2) is 68.6 Å². The van der Waals surface area contributed by atoms with Crippen LogP contribution in [0.25, 0.3) is 0 Å². The molecule has 2 rings (SSSR count). The van der Waals surface area contributed by atoms with Crippen molar-refractivity contribution < 1.29 is 0 Å². The van der Waals surface area contributed by atoms with Gasteiger partial charge in [0.2, 0.25) is 0 Å². The Kier molecular flexibility index (Phi) is 9.69. The molecule has 1 aliphatic rings. The molecule has 0 aliphatic carbocycles. The highest BCUT2D eigenvalue weighted by Crippen LogP contribution is 2.25. The van der Waals surface area contributed by atoms with Crippen molar-refractivity contribution in [2.24, 2.45) is 4.99 Å². The Hall–Kier alpha value is -1.01. The van der Waals surface area contributed by atoms with Crippen LogP contribution < -0.4 is 10.6 Å². The topological polar surface area (TPSA) is 42.9 Å². The number of piperazine rings is 1. The zero-order chi connectivity index (χ0) is 19.6. The maximum atomic E-state index is 6.30. The molecule has 0 saturated carbocycles. The van der Waals surface area contributed by atoms with Gasteiger partial charge in [-0.1, -0.05) is 36.2 Å². The van der Waals surface area contributed by atoms with E-state index in [0.29, 0.717) is 10.0 Å².